The molecule has 0 aromatic carbocycles. The van der Waals surface area contributed by atoms with Crippen LogP contribution < -0.4 is 4.57 Å². The normalized spacial score (nSPS) is 15.2. The van der Waals surface area contributed by atoms with E-state index in [1.165, 1.54) is 0 Å². The van der Waals surface area contributed by atoms with E-state index in [2.05, 4.69) is 76.1 Å². The summed E-state index contributed by atoms with van der Waals surface area (Å²) in [5, 5.41) is 0.437. The molecule has 1 unspecified atom stereocenters. The van der Waals surface area contributed by atoms with Gasteiger partial charge in [0.15, 0.2) is 0 Å². The maximum atomic E-state index is 2.39. The summed E-state index contributed by atoms with van der Waals surface area (Å²) in [6.07, 6.45) is 7.74. The summed E-state index contributed by atoms with van der Waals surface area (Å²) in [5.41, 5.74) is 0.184. The summed E-state index contributed by atoms with van der Waals surface area (Å²) in [7, 11) is 0.0292. The fourth-order valence-corrected chi connectivity index (χ4v) is 2.41. The zero-order chi connectivity index (χ0) is 12.6. The Labute approximate surface area is 101 Å². The predicted molar refractivity (Wildman–Crippen MR) is 72.2 cm³/mol. The van der Waals surface area contributed by atoms with Crippen molar-refractivity contribution in [2.75, 3.05) is 6.66 Å². The minimum atomic E-state index is 0.0292. The van der Waals surface area contributed by atoms with E-state index in [0.29, 0.717) is 5.16 Å². The van der Waals surface area contributed by atoms with E-state index >= 15 is 0 Å². The van der Waals surface area contributed by atoms with Gasteiger partial charge in [-0.25, -0.2) is 9.13 Å². The van der Waals surface area contributed by atoms with Gasteiger partial charge in [-0.3, -0.25) is 0 Å². The Morgan fingerprint density at radius 3 is 2.06 bits per heavy atom. The third kappa shape index (κ3) is 3.59. The van der Waals surface area contributed by atoms with Crippen LogP contribution in [0.2, 0.25) is 0 Å². The van der Waals surface area contributed by atoms with Crippen molar-refractivity contribution in [1.29, 1.82) is 0 Å². The predicted octanol–water partition coefficient (Wildman–Crippen LogP) is 3.40. The molecule has 2 nitrogen and oxygen atoms in total. The van der Waals surface area contributed by atoms with Crippen molar-refractivity contribution in [3.63, 3.8) is 0 Å². The van der Waals surface area contributed by atoms with Gasteiger partial charge in [0.1, 0.15) is 24.2 Å². The molecule has 0 bridgehead atoms. The van der Waals surface area contributed by atoms with Gasteiger partial charge in [-0.2, -0.15) is 0 Å². The Morgan fingerprint density at radius 2 is 1.69 bits per heavy atom. The van der Waals surface area contributed by atoms with Crippen molar-refractivity contribution >= 4 is 7.92 Å². The molecule has 1 atom stereocenters. The summed E-state index contributed by atoms with van der Waals surface area (Å²) < 4.78 is 4.60. The molecule has 16 heavy (non-hydrogen) atoms. The molecule has 1 heterocycles. The Bertz CT molecular complexity index is 342. The molecule has 1 aromatic rings. The molecule has 0 saturated carbocycles. The second kappa shape index (κ2) is 4.49. The zero-order valence-corrected chi connectivity index (χ0v) is 12.7. The number of nitrogens with zero attached hydrogens (tertiary/aromatic N) is 2. The number of hydrogen-bond acceptors (Lipinski definition) is 0. The Hall–Kier alpha value is -0.360. The molecule has 0 aliphatic rings. The van der Waals surface area contributed by atoms with Crippen LogP contribution in [0.1, 0.15) is 41.5 Å². The van der Waals surface area contributed by atoms with Crippen LogP contribution in [0.15, 0.2) is 18.7 Å². The van der Waals surface area contributed by atoms with Gasteiger partial charge in [0.2, 0.25) is 6.33 Å². The van der Waals surface area contributed by atoms with E-state index in [1.807, 2.05) is 0 Å². The van der Waals surface area contributed by atoms with Gasteiger partial charge in [0.05, 0.1) is 0 Å². The molecule has 0 N–H and O–H groups in total. The summed E-state index contributed by atoms with van der Waals surface area (Å²) >= 11 is 0. The SMILES string of the molecule is CP(C[n+]1ccn(C(C)(C)C)c1)C(C)(C)C. The fourth-order valence-electron chi connectivity index (χ4n) is 1.33. The van der Waals surface area contributed by atoms with Gasteiger partial charge in [-0.15, -0.1) is 0 Å². The van der Waals surface area contributed by atoms with E-state index < -0.39 is 0 Å². The van der Waals surface area contributed by atoms with Crippen LogP contribution >= 0.6 is 7.92 Å². The van der Waals surface area contributed by atoms with Gasteiger partial charge in [-0.05, 0) is 32.6 Å². The summed E-state index contributed by atoms with van der Waals surface area (Å²) in [4.78, 5) is 0. The van der Waals surface area contributed by atoms with Crippen molar-refractivity contribution in [3.05, 3.63) is 18.7 Å². The van der Waals surface area contributed by atoms with Crippen LogP contribution in [-0.4, -0.2) is 16.4 Å². The monoisotopic (exact) mass is 241 g/mol. The first-order valence-electron chi connectivity index (χ1n) is 5.89. The molecule has 3 heteroatoms. The van der Waals surface area contributed by atoms with E-state index in [0.717, 1.165) is 6.29 Å². The highest BCUT2D eigenvalue weighted by Gasteiger charge is 2.23. The topological polar surface area (TPSA) is 8.81 Å². The molecule has 1 rings (SSSR count). The van der Waals surface area contributed by atoms with Crippen LogP contribution in [0.25, 0.3) is 0 Å². The number of hydrogen-bond donors (Lipinski definition) is 0. The summed E-state index contributed by atoms with van der Waals surface area (Å²) in [6.45, 7) is 16.1. The van der Waals surface area contributed by atoms with Gasteiger partial charge in [-0.1, -0.05) is 28.7 Å². The third-order valence-electron chi connectivity index (χ3n) is 2.99. The van der Waals surface area contributed by atoms with Crippen molar-refractivity contribution in [2.45, 2.75) is 58.5 Å². The van der Waals surface area contributed by atoms with Gasteiger partial charge in [0.25, 0.3) is 0 Å². The number of aromatic nitrogens is 2. The van der Waals surface area contributed by atoms with Gasteiger partial charge in [0, 0.05) is 0 Å². The first kappa shape index (κ1) is 13.7. The van der Waals surface area contributed by atoms with Crippen LogP contribution in [-0.2, 0) is 11.8 Å². The van der Waals surface area contributed by atoms with Gasteiger partial charge >= 0.3 is 0 Å². The average Bonchev–Trinajstić information content (AvgIpc) is 2.49. The molecule has 1 aromatic heterocycles. The quantitative estimate of drug-likeness (QED) is 0.554. The molecule has 0 aliphatic heterocycles. The number of rotatable bonds is 2. The standard InChI is InChI=1S/C13H26N2P/c1-12(2,3)15-9-8-14(10-15)11-16(7)13(4,5)6/h8-10H,11H2,1-7H3/q+1. The zero-order valence-electron chi connectivity index (χ0n) is 11.8. The second-order valence-electron chi connectivity index (χ2n) is 6.52. The molecular formula is C13H26N2P+. The fraction of sp³-hybridized carbons (Fsp3) is 0.769. The van der Waals surface area contributed by atoms with Crippen molar-refractivity contribution in [3.8, 4) is 0 Å². The Balaban J connectivity index is 2.74. The smallest absolute Gasteiger partial charge is 0.233 e. The van der Waals surface area contributed by atoms with Gasteiger partial charge < -0.3 is 0 Å². The third-order valence-corrected chi connectivity index (χ3v) is 6.03. The summed E-state index contributed by atoms with van der Waals surface area (Å²) in [5.74, 6) is 0. The van der Waals surface area contributed by atoms with E-state index in [4.69, 9.17) is 0 Å². The lowest BCUT2D eigenvalue weighted by molar-refractivity contribution is -0.677. The second-order valence-corrected chi connectivity index (χ2v) is 9.54. The molecule has 0 aliphatic carbocycles. The Kier molecular flexibility index (Phi) is 3.84. The maximum absolute atomic E-state index is 2.39. The number of imidazole rings is 1. The van der Waals surface area contributed by atoms with Crippen molar-refractivity contribution in [2.24, 2.45) is 0 Å². The highest BCUT2D eigenvalue weighted by atomic mass is 31.1. The lowest BCUT2D eigenvalue weighted by atomic mass is 10.1. The maximum Gasteiger partial charge on any atom is 0.244 e. The minimum absolute atomic E-state index is 0.0292. The largest absolute Gasteiger partial charge is 0.244 e. The van der Waals surface area contributed by atoms with Crippen molar-refractivity contribution < 1.29 is 4.57 Å². The molecule has 0 amide bonds. The summed E-state index contributed by atoms with van der Waals surface area (Å²) in [6, 6.07) is 0. The van der Waals surface area contributed by atoms with Crippen LogP contribution in [0.3, 0.4) is 0 Å². The Morgan fingerprint density at radius 1 is 1.12 bits per heavy atom. The van der Waals surface area contributed by atoms with E-state index in [1.54, 1.807) is 0 Å². The molecule has 0 fully saturated rings. The molecule has 0 radical (unpaired) electrons. The van der Waals surface area contributed by atoms with E-state index in [-0.39, 0.29) is 13.5 Å². The molecule has 92 valence electrons. The van der Waals surface area contributed by atoms with Crippen LogP contribution in [0, 0.1) is 0 Å². The highest BCUT2D eigenvalue weighted by molar-refractivity contribution is 7.57. The minimum Gasteiger partial charge on any atom is -0.233 e. The first-order valence-corrected chi connectivity index (χ1v) is 7.87. The molecule has 0 saturated heterocycles. The average molecular weight is 241 g/mol. The van der Waals surface area contributed by atoms with Crippen LogP contribution in [0.4, 0.5) is 0 Å². The highest BCUT2D eigenvalue weighted by Crippen LogP contribution is 2.45. The van der Waals surface area contributed by atoms with Crippen molar-refractivity contribution in [1.82, 2.24) is 4.57 Å². The molecular weight excluding hydrogens is 215 g/mol. The first-order chi connectivity index (χ1) is 7.10. The lowest BCUT2D eigenvalue weighted by Crippen LogP contribution is -2.34. The molecule has 0 spiro atoms. The lowest BCUT2D eigenvalue weighted by Gasteiger charge is -2.26. The van der Waals surface area contributed by atoms with E-state index in [9.17, 15) is 0 Å². The van der Waals surface area contributed by atoms with Crippen LogP contribution in [0.5, 0.6) is 0 Å².